The van der Waals surface area contributed by atoms with Crippen molar-refractivity contribution in [1.82, 2.24) is 9.74 Å². The Morgan fingerprint density at radius 3 is 2.08 bits per heavy atom. The topological polar surface area (TPSA) is 49.4 Å². The van der Waals surface area contributed by atoms with Crippen LogP contribution in [-0.2, 0) is 4.79 Å². The van der Waals surface area contributed by atoms with E-state index in [0.29, 0.717) is 17.3 Å². The fourth-order valence-electron chi connectivity index (χ4n) is 1.32. The molecule has 12 heavy (non-hydrogen) atoms. The Kier molecular flexibility index (Phi) is 2.28. The molecule has 68 valence electrons. The molecule has 3 amide bonds. The zero-order chi connectivity index (χ0) is 9.35. The molecule has 1 rings (SSSR count). The van der Waals surface area contributed by atoms with Gasteiger partial charge in [0.1, 0.15) is 5.54 Å². The SMILES string of the molecule is CCC1(CC)NC(=O)N(Cl)C1=O. The molecule has 1 saturated heterocycles. The number of nitrogens with zero attached hydrogens (tertiary/aromatic N) is 1. The molecular weight excluding hydrogens is 180 g/mol. The predicted molar refractivity (Wildman–Crippen MR) is 44.5 cm³/mol. The van der Waals surface area contributed by atoms with E-state index in [9.17, 15) is 9.59 Å². The molecule has 0 saturated carbocycles. The van der Waals surface area contributed by atoms with Crippen molar-refractivity contribution in [2.75, 3.05) is 0 Å². The first-order chi connectivity index (χ1) is 5.57. The van der Waals surface area contributed by atoms with Crippen molar-refractivity contribution in [2.24, 2.45) is 0 Å². The van der Waals surface area contributed by atoms with Crippen molar-refractivity contribution < 1.29 is 9.59 Å². The number of amides is 3. The quantitative estimate of drug-likeness (QED) is 0.526. The molecular formula is C7H11ClN2O2. The van der Waals surface area contributed by atoms with E-state index in [4.69, 9.17) is 11.8 Å². The average Bonchev–Trinajstić information content (AvgIpc) is 2.30. The molecule has 0 aromatic heterocycles. The maximum Gasteiger partial charge on any atom is 0.340 e. The summed E-state index contributed by atoms with van der Waals surface area (Å²) < 4.78 is 0.618. The molecule has 0 unspecified atom stereocenters. The number of imide groups is 1. The molecule has 1 aliphatic rings. The van der Waals surface area contributed by atoms with E-state index < -0.39 is 11.6 Å². The summed E-state index contributed by atoms with van der Waals surface area (Å²) in [6.07, 6.45) is 1.13. The maximum atomic E-state index is 11.4. The van der Waals surface area contributed by atoms with E-state index in [-0.39, 0.29) is 5.91 Å². The van der Waals surface area contributed by atoms with Gasteiger partial charge in [-0.25, -0.2) is 4.79 Å². The van der Waals surface area contributed by atoms with Crippen molar-refractivity contribution in [3.63, 3.8) is 0 Å². The summed E-state index contributed by atoms with van der Waals surface area (Å²) in [7, 11) is 0. The predicted octanol–water partition coefficient (Wildman–Crippen LogP) is 1.25. The highest BCUT2D eigenvalue weighted by Gasteiger charge is 2.48. The van der Waals surface area contributed by atoms with Gasteiger partial charge in [0.2, 0.25) is 0 Å². The van der Waals surface area contributed by atoms with Gasteiger partial charge in [0.05, 0.1) is 0 Å². The van der Waals surface area contributed by atoms with Crippen LogP contribution in [0.25, 0.3) is 0 Å². The molecule has 1 heterocycles. The van der Waals surface area contributed by atoms with Gasteiger partial charge >= 0.3 is 6.03 Å². The standard InChI is InChI=1S/C7H11ClN2O2/c1-3-7(4-2)5(11)10(8)6(12)9-7/h3-4H2,1-2H3,(H,9,12). The van der Waals surface area contributed by atoms with Gasteiger partial charge in [0, 0.05) is 11.8 Å². The number of nitrogens with one attached hydrogen (secondary N) is 1. The molecule has 5 heteroatoms. The normalized spacial score (nSPS) is 21.4. The number of rotatable bonds is 2. The van der Waals surface area contributed by atoms with Gasteiger partial charge < -0.3 is 5.32 Å². The molecule has 1 N–H and O–H groups in total. The first-order valence-electron chi connectivity index (χ1n) is 3.90. The van der Waals surface area contributed by atoms with Crippen molar-refractivity contribution in [1.29, 1.82) is 0 Å². The zero-order valence-electron chi connectivity index (χ0n) is 7.06. The first kappa shape index (κ1) is 9.32. The van der Waals surface area contributed by atoms with Crippen LogP contribution < -0.4 is 5.32 Å². The highest BCUT2D eigenvalue weighted by Crippen LogP contribution is 2.25. The molecule has 0 aromatic carbocycles. The first-order valence-corrected chi connectivity index (χ1v) is 4.23. The fraction of sp³-hybridized carbons (Fsp3) is 0.714. The number of hydrogen-bond donors (Lipinski definition) is 1. The minimum atomic E-state index is -0.765. The smallest absolute Gasteiger partial charge is 0.322 e. The fourth-order valence-corrected chi connectivity index (χ4v) is 1.52. The minimum absolute atomic E-state index is 0.348. The highest BCUT2D eigenvalue weighted by atomic mass is 35.5. The lowest BCUT2D eigenvalue weighted by Gasteiger charge is -2.21. The van der Waals surface area contributed by atoms with Crippen LogP contribution in [0.5, 0.6) is 0 Å². The van der Waals surface area contributed by atoms with E-state index in [2.05, 4.69) is 5.32 Å². The van der Waals surface area contributed by atoms with E-state index in [0.717, 1.165) is 0 Å². The van der Waals surface area contributed by atoms with Gasteiger partial charge in [-0.3, -0.25) is 4.79 Å². The Labute approximate surface area is 76.0 Å². The molecule has 0 spiro atoms. The second kappa shape index (κ2) is 2.94. The van der Waals surface area contributed by atoms with Crippen LogP contribution in [0.1, 0.15) is 26.7 Å². The van der Waals surface area contributed by atoms with Crippen molar-refractivity contribution in [3.8, 4) is 0 Å². The molecule has 4 nitrogen and oxygen atoms in total. The summed E-state index contributed by atoms with van der Waals surface area (Å²) in [6, 6.07) is -0.523. The summed E-state index contributed by atoms with van der Waals surface area (Å²) in [5.74, 6) is -0.348. The maximum absolute atomic E-state index is 11.4. The molecule has 0 aromatic rings. The lowest BCUT2D eigenvalue weighted by Crippen LogP contribution is -2.45. The van der Waals surface area contributed by atoms with Gasteiger partial charge in [0.15, 0.2) is 0 Å². The molecule has 1 aliphatic heterocycles. The van der Waals surface area contributed by atoms with Crippen molar-refractivity contribution in [3.05, 3.63) is 0 Å². The van der Waals surface area contributed by atoms with Crippen LogP contribution in [-0.4, -0.2) is 21.9 Å². The number of carbonyl (C=O) groups excluding carboxylic acids is 2. The van der Waals surface area contributed by atoms with Gasteiger partial charge in [-0.15, -0.1) is 0 Å². The van der Waals surface area contributed by atoms with Crippen LogP contribution >= 0.6 is 11.8 Å². The number of urea groups is 1. The van der Waals surface area contributed by atoms with Crippen molar-refractivity contribution in [2.45, 2.75) is 32.2 Å². The summed E-state index contributed by atoms with van der Waals surface area (Å²) in [4.78, 5) is 22.4. The van der Waals surface area contributed by atoms with E-state index >= 15 is 0 Å². The van der Waals surface area contributed by atoms with Crippen LogP contribution in [0.4, 0.5) is 4.79 Å². The Bertz CT molecular complexity index is 225. The van der Waals surface area contributed by atoms with Crippen LogP contribution in [0.3, 0.4) is 0 Å². The van der Waals surface area contributed by atoms with Gasteiger partial charge in [-0.1, -0.05) is 13.8 Å². The lowest BCUT2D eigenvalue weighted by atomic mass is 9.93. The third-order valence-corrected chi connectivity index (χ3v) is 2.63. The molecule has 0 atom stereocenters. The summed E-state index contributed by atoms with van der Waals surface area (Å²) in [6.45, 7) is 3.69. The Balaban J connectivity index is 2.95. The number of carbonyl (C=O) groups is 2. The summed E-state index contributed by atoms with van der Waals surface area (Å²) in [5, 5.41) is 2.57. The zero-order valence-corrected chi connectivity index (χ0v) is 7.81. The van der Waals surface area contributed by atoms with E-state index in [1.54, 1.807) is 0 Å². The lowest BCUT2D eigenvalue weighted by molar-refractivity contribution is -0.128. The van der Waals surface area contributed by atoms with E-state index in [1.165, 1.54) is 0 Å². The summed E-state index contributed by atoms with van der Waals surface area (Å²) in [5.41, 5.74) is -0.765. The van der Waals surface area contributed by atoms with E-state index in [1.807, 2.05) is 13.8 Å². The van der Waals surface area contributed by atoms with Crippen molar-refractivity contribution >= 4 is 23.7 Å². The number of hydrogen-bond acceptors (Lipinski definition) is 2. The Morgan fingerprint density at radius 2 is 1.92 bits per heavy atom. The number of halogens is 1. The highest BCUT2D eigenvalue weighted by molar-refractivity contribution is 6.33. The van der Waals surface area contributed by atoms with Gasteiger partial charge in [-0.05, 0) is 12.8 Å². The van der Waals surface area contributed by atoms with Gasteiger partial charge in [0.25, 0.3) is 5.91 Å². The molecule has 0 radical (unpaired) electrons. The Hall–Kier alpha value is -0.770. The monoisotopic (exact) mass is 190 g/mol. The van der Waals surface area contributed by atoms with Crippen LogP contribution in [0.2, 0.25) is 0 Å². The molecule has 0 bridgehead atoms. The second-order valence-corrected chi connectivity index (χ2v) is 3.14. The Morgan fingerprint density at radius 1 is 1.42 bits per heavy atom. The second-order valence-electron chi connectivity index (χ2n) is 2.81. The largest absolute Gasteiger partial charge is 0.340 e. The van der Waals surface area contributed by atoms with Crippen LogP contribution in [0.15, 0.2) is 0 Å². The summed E-state index contributed by atoms with van der Waals surface area (Å²) >= 11 is 5.43. The average molecular weight is 191 g/mol. The third-order valence-electron chi connectivity index (χ3n) is 2.32. The molecule has 0 aliphatic carbocycles. The molecule has 1 fully saturated rings. The third kappa shape index (κ3) is 1.06. The minimum Gasteiger partial charge on any atom is -0.322 e. The van der Waals surface area contributed by atoms with Crippen LogP contribution in [0, 0.1) is 0 Å². The van der Waals surface area contributed by atoms with Gasteiger partial charge in [-0.2, -0.15) is 4.42 Å².